The van der Waals surface area contributed by atoms with E-state index in [-0.39, 0.29) is 11.5 Å². The average Bonchev–Trinajstić information content (AvgIpc) is 2.50. The van der Waals surface area contributed by atoms with E-state index in [1.807, 2.05) is 24.3 Å². The molecular formula is C18H18NO3+. The number of hydrogen-bond donors (Lipinski definition) is 1. The smallest absolute Gasteiger partial charge is 0.235 e. The maximum atomic E-state index is 12.2. The topological polar surface area (TPSA) is 50.4 Å². The lowest BCUT2D eigenvalue weighted by atomic mass is 10.1. The number of para-hydroxylation sites is 1. The van der Waals surface area contributed by atoms with Crippen molar-refractivity contribution < 1.29 is 9.52 Å². The Balaban J connectivity index is 2.18. The van der Waals surface area contributed by atoms with Crippen molar-refractivity contribution in [1.82, 2.24) is 4.48 Å². The van der Waals surface area contributed by atoms with Crippen molar-refractivity contribution in [1.29, 1.82) is 0 Å². The van der Waals surface area contributed by atoms with Crippen LogP contribution in [0.15, 0.2) is 57.7 Å². The van der Waals surface area contributed by atoms with Crippen LogP contribution in [-0.4, -0.2) is 26.2 Å². The molecule has 3 aromatic rings. The van der Waals surface area contributed by atoms with E-state index in [9.17, 15) is 9.90 Å². The molecule has 0 radical (unpaired) electrons. The van der Waals surface area contributed by atoms with Gasteiger partial charge in [0.15, 0.2) is 5.76 Å². The molecule has 22 heavy (non-hydrogen) atoms. The lowest BCUT2D eigenvalue weighted by Crippen LogP contribution is -2.34. The molecule has 2 aromatic carbocycles. The molecule has 0 aliphatic rings. The fraction of sp³-hybridized carbons (Fsp3) is 0.167. The van der Waals surface area contributed by atoms with E-state index < -0.39 is 5.43 Å². The summed E-state index contributed by atoms with van der Waals surface area (Å²) in [6.07, 6.45) is 0. The Morgan fingerprint density at radius 1 is 0.955 bits per heavy atom. The lowest BCUT2D eigenvalue weighted by molar-refractivity contribution is 0.449. The molecule has 0 spiro atoms. The van der Waals surface area contributed by atoms with Crippen LogP contribution in [0.4, 0.5) is 5.69 Å². The van der Waals surface area contributed by atoms with Crippen LogP contribution in [0.2, 0.25) is 0 Å². The van der Waals surface area contributed by atoms with E-state index in [4.69, 9.17) is 4.42 Å². The van der Waals surface area contributed by atoms with Crippen LogP contribution in [0.3, 0.4) is 0 Å². The maximum absolute atomic E-state index is 12.2. The van der Waals surface area contributed by atoms with Crippen LogP contribution in [0.25, 0.3) is 22.3 Å². The number of hydrogen-bond acceptors (Lipinski definition) is 3. The van der Waals surface area contributed by atoms with Gasteiger partial charge >= 0.3 is 0 Å². The fourth-order valence-electron chi connectivity index (χ4n) is 2.39. The SMILES string of the molecule is C[N+](C)(C)c1ccc(-c2oc3ccccc3c(=O)c2O)cc1. The molecule has 0 aliphatic carbocycles. The number of fused-ring (bicyclic) bond motifs is 1. The van der Waals surface area contributed by atoms with Crippen molar-refractivity contribution in [2.75, 3.05) is 21.1 Å². The number of nitrogens with zero attached hydrogens (tertiary/aromatic N) is 1. The van der Waals surface area contributed by atoms with Crippen molar-refractivity contribution in [3.63, 3.8) is 0 Å². The Labute approximate surface area is 128 Å². The summed E-state index contributed by atoms with van der Waals surface area (Å²) in [4.78, 5) is 12.2. The van der Waals surface area contributed by atoms with Gasteiger partial charge in [-0.15, -0.1) is 0 Å². The van der Waals surface area contributed by atoms with Crippen molar-refractivity contribution >= 4 is 16.7 Å². The molecule has 0 bridgehead atoms. The Morgan fingerprint density at radius 3 is 2.23 bits per heavy atom. The minimum absolute atomic E-state index is 0.205. The molecule has 0 aliphatic heterocycles. The van der Waals surface area contributed by atoms with Gasteiger partial charge in [0.2, 0.25) is 11.2 Å². The van der Waals surface area contributed by atoms with E-state index in [0.29, 0.717) is 21.0 Å². The molecule has 0 saturated heterocycles. The molecule has 0 saturated carbocycles. The highest BCUT2D eigenvalue weighted by Gasteiger charge is 2.17. The minimum atomic E-state index is -0.410. The lowest BCUT2D eigenvalue weighted by Gasteiger charge is -2.23. The summed E-state index contributed by atoms with van der Waals surface area (Å²) in [7, 11) is 6.22. The first-order valence-corrected chi connectivity index (χ1v) is 7.05. The van der Waals surface area contributed by atoms with Crippen LogP contribution in [0, 0.1) is 0 Å². The van der Waals surface area contributed by atoms with Gasteiger partial charge in [0.25, 0.3) is 0 Å². The van der Waals surface area contributed by atoms with E-state index in [2.05, 4.69) is 21.1 Å². The van der Waals surface area contributed by atoms with E-state index in [0.717, 1.165) is 5.69 Å². The van der Waals surface area contributed by atoms with Gasteiger partial charge in [0, 0.05) is 5.56 Å². The second-order valence-electron chi connectivity index (χ2n) is 6.16. The first kappa shape index (κ1) is 14.4. The van der Waals surface area contributed by atoms with Gasteiger partial charge in [-0.1, -0.05) is 12.1 Å². The Bertz CT molecular complexity index is 887. The third-order valence-corrected chi connectivity index (χ3v) is 3.68. The molecule has 0 amide bonds. The first-order valence-electron chi connectivity index (χ1n) is 7.05. The van der Waals surface area contributed by atoms with Crippen molar-refractivity contribution in [2.24, 2.45) is 0 Å². The van der Waals surface area contributed by atoms with Gasteiger partial charge in [0.1, 0.15) is 11.3 Å². The first-order chi connectivity index (χ1) is 10.4. The molecule has 1 N–H and O–H groups in total. The molecule has 0 unspecified atom stereocenters. The normalized spacial score (nSPS) is 11.8. The highest BCUT2D eigenvalue weighted by Crippen LogP contribution is 2.31. The summed E-state index contributed by atoms with van der Waals surface area (Å²) in [6, 6.07) is 14.5. The zero-order chi connectivity index (χ0) is 15.9. The molecule has 3 rings (SSSR count). The van der Waals surface area contributed by atoms with Gasteiger partial charge in [-0.3, -0.25) is 9.28 Å². The van der Waals surface area contributed by atoms with E-state index in [1.54, 1.807) is 24.3 Å². The molecule has 0 fully saturated rings. The molecular weight excluding hydrogens is 278 g/mol. The second-order valence-corrected chi connectivity index (χ2v) is 6.16. The average molecular weight is 296 g/mol. The zero-order valence-corrected chi connectivity index (χ0v) is 12.8. The molecule has 4 heteroatoms. The molecule has 1 aromatic heterocycles. The van der Waals surface area contributed by atoms with Gasteiger partial charge < -0.3 is 9.52 Å². The second kappa shape index (κ2) is 5.00. The fourth-order valence-corrected chi connectivity index (χ4v) is 2.39. The summed E-state index contributed by atoms with van der Waals surface area (Å²) in [6.45, 7) is 0. The van der Waals surface area contributed by atoms with E-state index in [1.165, 1.54) is 0 Å². The summed E-state index contributed by atoms with van der Waals surface area (Å²) in [5.41, 5.74) is 1.85. The van der Waals surface area contributed by atoms with Gasteiger partial charge in [0.05, 0.1) is 26.5 Å². The summed E-state index contributed by atoms with van der Waals surface area (Å²) >= 11 is 0. The molecule has 4 nitrogen and oxygen atoms in total. The highest BCUT2D eigenvalue weighted by molar-refractivity contribution is 5.81. The van der Waals surface area contributed by atoms with E-state index >= 15 is 0 Å². The largest absolute Gasteiger partial charge is 0.502 e. The van der Waals surface area contributed by atoms with Gasteiger partial charge in [-0.25, -0.2) is 0 Å². The maximum Gasteiger partial charge on any atom is 0.235 e. The minimum Gasteiger partial charge on any atom is -0.502 e. The third-order valence-electron chi connectivity index (χ3n) is 3.68. The Hall–Kier alpha value is -2.59. The van der Waals surface area contributed by atoms with Crippen molar-refractivity contribution in [3.8, 4) is 17.1 Å². The summed E-state index contributed by atoms with van der Waals surface area (Å²) < 4.78 is 6.42. The summed E-state index contributed by atoms with van der Waals surface area (Å²) in [5.74, 6) is -0.145. The monoisotopic (exact) mass is 296 g/mol. The molecule has 0 atom stereocenters. The van der Waals surface area contributed by atoms with Crippen molar-refractivity contribution in [3.05, 3.63) is 58.8 Å². The van der Waals surface area contributed by atoms with Crippen LogP contribution in [0.1, 0.15) is 0 Å². The number of aromatic hydroxyl groups is 1. The van der Waals surface area contributed by atoms with Crippen LogP contribution in [0.5, 0.6) is 5.75 Å². The third kappa shape index (κ3) is 2.38. The Morgan fingerprint density at radius 2 is 1.59 bits per heavy atom. The Kier molecular flexibility index (Phi) is 3.26. The predicted molar refractivity (Wildman–Crippen MR) is 89.2 cm³/mol. The van der Waals surface area contributed by atoms with Crippen LogP contribution >= 0.6 is 0 Å². The number of quaternary nitrogens is 1. The summed E-state index contributed by atoms with van der Waals surface area (Å²) in [5, 5.41) is 10.5. The van der Waals surface area contributed by atoms with Crippen LogP contribution < -0.4 is 9.91 Å². The number of benzene rings is 2. The van der Waals surface area contributed by atoms with Gasteiger partial charge in [-0.2, -0.15) is 0 Å². The molecule has 1 heterocycles. The highest BCUT2D eigenvalue weighted by atomic mass is 16.4. The van der Waals surface area contributed by atoms with Crippen LogP contribution in [-0.2, 0) is 0 Å². The number of rotatable bonds is 2. The zero-order valence-electron chi connectivity index (χ0n) is 12.8. The van der Waals surface area contributed by atoms with Gasteiger partial charge in [-0.05, 0) is 36.4 Å². The standard InChI is InChI=1S/C18H17NO3/c1-19(2,3)13-10-8-12(9-11-13)18-17(21)16(20)14-6-4-5-7-15(14)22-18/h4-11H,1-3H3/p+1. The molecule has 112 valence electrons. The predicted octanol–water partition coefficient (Wildman–Crippen LogP) is 3.36. The van der Waals surface area contributed by atoms with Crippen molar-refractivity contribution in [2.45, 2.75) is 0 Å². The quantitative estimate of drug-likeness (QED) is 0.738.